The summed E-state index contributed by atoms with van der Waals surface area (Å²) in [7, 11) is 1.39. The van der Waals surface area contributed by atoms with Gasteiger partial charge in [0.05, 0.1) is 7.11 Å². The van der Waals surface area contributed by atoms with E-state index in [2.05, 4.69) is 18.7 Å². The molecule has 0 bridgehead atoms. The van der Waals surface area contributed by atoms with Gasteiger partial charge in [0.1, 0.15) is 12.1 Å². The molecule has 3 fully saturated rings. The number of methoxy groups -OCH3 is 1. The third-order valence-electron chi connectivity index (χ3n) is 6.44. The summed E-state index contributed by atoms with van der Waals surface area (Å²) in [4.78, 5) is 29.8. The van der Waals surface area contributed by atoms with Crippen molar-refractivity contribution in [3.63, 3.8) is 0 Å². The average Bonchev–Trinajstić information content (AvgIpc) is 2.91. The molecule has 0 aromatic heterocycles. The predicted molar refractivity (Wildman–Crippen MR) is 87.6 cm³/mol. The van der Waals surface area contributed by atoms with Crippen LogP contribution in [-0.4, -0.2) is 42.5 Å². The Balaban J connectivity index is 1.76. The summed E-state index contributed by atoms with van der Waals surface area (Å²) in [5, 5.41) is 0. The van der Waals surface area contributed by atoms with Gasteiger partial charge >= 0.3 is 5.97 Å². The molecule has 5 nitrogen and oxygen atoms in total. The maximum Gasteiger partial charge on any atom is 0.328 e. The molecule has 2 aliphatic carbocycles. The zero-order valence-corrected chi connectivity index (χ0v) is 14.9. The molecule has 0 aromatic rings. The smallest absolute Gasteiger partial charge is 0.328 e. The fourth-order valence-electron chi connectivity index (χ4n) is 4.89. The molecule has 4 atom stereocenters. The van der Waals surface area contributed by atoms with E-state index in [4.69, 9.17) is 16.5 Å². The van der Waals surface area contributed by atoms with E-state index >= 15 is 0 Å². The average molecular weight is 343 g/mol. The van der Waals surface area contributed by atoms with Crippen LogP contribution in [0.3, 0.4) is 0 Å². The van der Waals surface area contributed by atoms with Gasteiger partial charge in [-0.3, -0.25) is 4.79 Å². The predicted octanol–water partition coefficient (Wildman–Crippen LogP) is 2.33. The third kappa shape index (κ3) is 2.76. The molecule has 3 rings (SSSR count). The summed E-state index contributed by atoms with van der Waals surface area (Å²) in [5.74, 6) is 0.523. The monoisotopic (exact) mass is 342 g/mol. The fraction of sp³-hybridized carbons (Fsp3) is 0.882. The second-order valence-electron chi connectivity index (χ2n) is 7.90. The van der Waals surface area contributed by atoms with E-state index in [1.54, 1.807) is 4.90 Å². The van der Waals surface area contributed by atoms with E-state index in [1.807, 2.05) is 0 Å². The van der Waals surface area contributed by atoms with Gasteiger partial charge in [0.15, 0.2) is 0 Å². The van der Waals surface area contributed by atoms with Crippen LogP contribution >= 0.6 is 11.8 Å². The Morgan fingerprint density at radius 1 is 1.26 bits per heavy atom. The van der Waals surface area contributed by atoms with Gasteiger partial charge < -0.3 is 9.64 Å². The standard InChI is InChI=1S/C17H27ClN2O3/c1-17(2)11-9-20(14(12(11)17)16(22)23-3)15(21)13(19-18)10-7-5-4-6-8-10/h10-14,19H,4-9H2,1-3H3/t11?,12?,13-,14-/m0/s1. The van der Waals surface area contributed by atoms with Crippen molar-refractivity contribution >= 4 is 23.7 Å². The molecular weight excluding hydrogens is 316 g/mol. The number of nitrogens with one attached hydrogen (secondary N) is 1. The number of ether oxygens (including phenoxy) is 1. The lowest BCUT2D eigenvalue weighted by atomic mass is 9.83. The van der Waals surface area contributed by atoms with Crippen molar-refractivity contribution in [1.82, 2.24) is 9.74 Å². The lowest BCUT2D eigenvalue weighted by Gasteiger charge is -2.35. The van der Waals surface area contributed by atoms with E-state index in [9.17, 15) is 9.59 Å². The number of halogens is 1. The number of carbonyl (C=O) groups excluding carboxylic acids is 2. The number of esters is 1. The minimum atomic E-state index is -0.455. The van der Waals surface area contributed by atoms with Crippen molar-refractivity contribution in [2.24, 2.45) is 23.2 Å². The summed E-state index contributed by atoms with van der Waals surface area (Å²) in [6, 6.07) is -0.853. The number of likely N-dealkylation sites (tertiary alicyclic amines) is 1. The Morgan fingerprint density at radius 2 is 1.91 bits per heavy atom. The fourth-order valence-corrected chi connectivity index (χ4v) is 5.16. The Kier molecular flexibility index (Phi) is 4.62. The molecule has 0 spiro atoms. The molecule has 0 radical (unpaired) electrons. The van der Waals surface area contributed by atoms with Gasteiger partial charge in [0, 0.05) is 12.5 Å². The van der Waals surface area contributed by atoms with Gasteiger partial charge in [-0.15, -0.1) is 0 Å². The van der Waals surface area contributed by atoms with E-state index in [-0.39, 0.29) is 29.1 Å². The number of carbonyl (C=O) groups is 2. The molecule has 2 saturated carbocycles. The zero-order valence-electron chi connectivity index (χ0n) is 14.2. The Labute approximate surface area is 143 Å². The molecule has 1 saturated heterocycles. The quantitative estimate of drug-likeness (QED) is 0.629. The maximum absolute atomic E-state index is 13.1. The van der Waals surface area contributed by atoms with Crippen LogP contribution in [0.4, 0.5) is 0 Å². The molecule has 1 amide bonds. The SMILES string of the molecule is COC(=O)[C@@H]1C2C(CN1C(=O)[C@@H](NCl)C1CCCCC1)C2(C)C. The van der Waals surface area contributed by atoms with Crippen LogP contribution in [-0.2, 0) is 14.3 Å². The number of hydrogen-bond donors (Lipinski definition) is 1. The largest absolute Gasteiger partial charge is 0.467 e. The van der Waals surface area contributed by atoms with Crippen molar-refractivity contribution in [2.45, 2.75) is 58.0 Å². The molecule has 1 N–H and O–H groups in total. The summed E-state index contributed by atoms with van der Waals surface area (Å²) < 4.78 is 4.98. The van der Waals surface area contributed by atoms with Gasteiger partial charge in [-0.2, -0.15) is 0 Å². The van der Waals surface area contributed by atoms with Crippen molar-refractivity contribution in [1.29, 1.82) is 0 Å². The molecule has 1 heterocycles. The Bertz CT molecular complexity index is 490. The maximum atomic E-state index is 13.1. The van der Waals surface area contributed by atoms with Crippen molar-refractivity contribution in [2.75, 3.05) is 13.7 Å². The van der Waals surface area contributed by atoms with E-state index in [1.165, 1.54) is 13.5 Å². The lowest BCUT2D eigenvalue weighted by molar-refractivity contribution is -0.154. The van der Waals surface area contributed by atoms with Crippen LogP contribution in [0.25, 0.3) is 0 Å². The van der Waals surface area contributed by atoms with Gasteiger partial charge in [0.2, 0.25) is 5.91 Å². The van der Waals surface area contributed by atoms with Crippen LogP contribution in [0.2, 0.25) is 0 Å². The van der Waals surface area contributed by atoms with Gasteiger partial charge in [0.25, 0.3) is 0 Å². The minimum Gasteiger partial charge on any atom is -0.467 e. The van der Waals surface area contributed by atoms with E-state index in [0.717, 1.165) is 25.7 Å². The van der Waals surface area contributed by atoms with Crippen LogP contribution in [0.15, 0.2) is 0 Å². The van der Waals surface area contributed by atoms with Gasteiger partial charge in [-0.05, 0) is 41.9 Å². The lowest BCUT2D eigenvalue weighted by Crippen LogP contribution is -2.54. The highest BCUT2D eigenvalue weighted by atomic mass is 35.5. The van der Waals surface area contributed by atoms with Crippen LogP contribution < -0.4 is 4.84 Å². The molecule has 23 heavy (non-hydrogen) atoms. The molecular formula is C17H27ClN2O3. The molecule has 0 aromatic carbocycles. The van der Waals surface area contributed by atoms with Crippen LogP contribution in [0, 0.1) is 23.2 Å². The summed E-state index contributed by atoms with van der Waals surface area (Å²) in [6.45, 7) is 4.97. The topological polar surface area (TPSA) is 58.6 Å². The van der Waals surface area contributed by atoms with Gasteiger partial charge in [-0.1, -0.05) is 33.1 Å². The van der Waals surface area contributed by atoms with Crippen molar-refractivity contribution < 1.29 is 14.3 Å². The highest BCUT2D eigenvalue weighted by Crippen LogP contribution is 2.65. The Hall–Kier alpha value is -0.810. The first kappa shape index (κ1) is 17.0. The minimum absolute atomic E-state index is 0.0368. The second kappa shape index (κ2) is 6.25. The van der Waals surface area contributed by atoms with Crippen LogP contribution in [0.5, 0.6) is 0 Å². The summed E-state index contributed by atoms with van der Waals surface area (Å²) in [5.41, 5.74) is 0.115. The number of amides is 1. The Morgan fingerprint density at radius 3 is 2.48 bits per heavy atom. The van der Waals surface area contributed by atoms with E-state index < -0.39 is 12.1 Å². The summed E-state index contributed by atoms with van der Waals surface area (Å²) in [6.07, 6.45) is 5.56. The van der Waals surface area contributed by atoms with Crippen LogP contribution in [0.1, 0.15) is 46.0 Å². The number of fused-ring (bicyclic) bond motifs is 1. The molecule has 6 heteroatoms. The second-order valence-corrected chi connectivity index (χ2v) is 8.12. The van der Waals surface area contributed by atoms with Crippen molar-refractivity contribution in [3.8, 4) is 0 Å². The normalized spacial score (nSPS) is 33.9. The van der Waals surface area contributed by atoms with Gasteiger partial charge in [-0.25, -0.2) is 9.63 Å². The first-order valence-corrected chi connectivity index (χ1v) is 9.05. The molecule has 130 valence electrons. The first-order chi connectivity index (χ1) is 10.9. The number of hydrogen-bond acceptors (Lipinski definition) is 4. The molecule has 1 aliphatic heterocycles. The third-order valence-corrected chi connectivity index (χ3v) is 6.67. The van der Waals surface area contributed by atoms with E-state index in [0.29, 0.717) is 12.5 Å². The van der Waals surface area contributed by atoms with Crippen molar-refractivity contribution in [3.05, 3.63) is 0 Å². The molecule has 3 aliphatic rings. The number of piperidine rings is 1. The number of rotatable bonds is 4. The summed E-state index contributed by atoms with van der Waals surface area (Å²) >= 11 is 5.93. The zero-order chi connectivity index (χ0) is 16.8. The highest BCUT2D eigenvalue weighted by Gasteiger charge is 2.70. The molecule has 2 unspecified atom stereocenters. The highest BCUT2D eigenvalue weighted by molar-refractivity contribution is 6.15. The first-order valence-electron chi connectivity index (χ1n) is 8.68. The number of nitrogens with zero attached hydrogens (tertiary/aromatic N) is 1.